The van der Waals surface area contributed by atoms with E-state index in [-0.39, 0.29) is 5.25 Å². The molecule has 0 amide bonds. The second-order valence-corrected chi connectivity index (χ2v) is 2.32. The van der Waals surface area contributed by atoms with Crippen LogP contribution >= 0.6 is 12.6 Å². The van der Waals surface area contributed by atoms with Gasteiger partial charge in [0.1, 0.15) is 12.2 Å². The Morgan fingerprint density at radius 3 is 2.88 bits per heavy atom. The van der Waals surface area contributed by atoms with E-state index in [1.165, 1.54) is 6.33 Å². The van der Waals surface area contributed by atoms with E-state index in [1.54, 1.807) is 0 Å². The lowest BCUT2D eigenvalue weighted by molar-refractivity contribution is 0.932. The standard InChI is InChI=1S/C4H7N3S/c1-3(8)4-5-2-6-7-4/h2-3,8H,1H3,(H,5,6,7). The fourth-order valence-corrected chi connectivity index (χ4v) is 0.541. The predicted octanol–water partition coefficient (Wildman–Crippen LogP) is 0.795. The van der Waals surface area contributed by atoms with E-state index in [4.69, 9.17) is 0 Å². The summed E-state index contributed by atoms with van der Waals surface area (Å²) < 4.78 is 0. The molecule has 44 valence electrons. The molecule has 3 nitrogen and oxygen atoms in total. The number of hydrogen-bond acceptors (Lipinski definition) is 3. The summed E-state index contributed by atoms with van der Waals surface area (Å²) in [4.78, 5) is 3.87. The summed E-state index contributed by atoms with van der Waals surface area (Å²) in [6.07, 6.45) is 1.47. The second kappa shape index (κ2) is 2.17. The Morgan fingerprint density at radius 2 is 2.62 bits per heavy atom. The number of H-pyrrole nitrogens is 1. The maximum Gasteiger partial charge on any atom is 0.137 e. The second-order valence-electron chi connectivity index (χ2n) is 1.55. The summed E-state index contributed by atoms with van der Waals surface area (Å²) in [5, 5.41) is 6.51. The van der Waals surface area contributed by atoms with E-state index in [1.807, 2.05) is 6.92 Å². The van der Waals surface area contributed by atoms with Gasteiger partial charge in [0.15, 0.2) is 0 Å². The minimum Gasteiger partial charge on any atom is -0.262 e. The molecule has 0 fully saturated rings. The lowest BCUT2D eigenvalue weighted by Crippen LogP contribution is -1.85. The fraction of sp³-hybridized carbons (Fsp3) is 0.500. The van der Waals surface area contributed by atoms with Gasteiger partial charge in [-0.3, -0.25) is 5.10 Å². The van der Waals surface area contributed by atoms with Crippen LogP contribution in [0.1, 0.15) is 18.0 Å². The van der Waals surface area contributed by atoms with Gasteiger partial charge in [-0.15, -0.1) is 0 Å². The van der Waals surface area contributed by atoms with Crippen molar-refractivity contribution in [3.63, 3.8) is 0 Å². The molecule has 0 aliphatic heterocycles. The van der Waals surface area contributed by atoms with Gasteiger partial charge in [-0.05, 0) is 6.92 Å². The Bertz CT molecular complexity index is 146. The summed E-state index contributed by atoms with van der Waals surface area (Å²) >= 11 is 4.12. The molecule has 0 saturated heterocycles. The summed E-state index contributed by atoms with van der Waals surface area (Å²) in [6, 6.07) is 0. The molecule has 0 saturated carbocycles. The van der Waals surface area contributed by atoms with Gasteiger partial charge < -0.3 is 0 Å². The van der Waals surface area contributed by atoms with Gasteiger partial charge in [0.2, 0.25) is 0 Å². The molecule has 1 N–H and O–H groups in total. The zero-order chi connectivity index (χ0) is 5.98. The van der Waals surface area contributed by atoms with Crippen molar-refractivity contribution in [2.75, 3.05) is 0 Å². The van der Waals surface area contributed by atoms with Crippen molar-refractivity contribution >= 4 is 12.6 Å². The van der Waals surface area contributed by atoms with E-state index in [0.717, 1.165) is 5.82 Å². The van der Waals surface area contributed by atoms with Crippen molar-refractivity contribution in [3.05, 3.63) is 12.2 Å². The van der Waals surface area contributed by atoms with Gasteiger partial charge in [-0.1, -0.05) is 0 Å². The number of hydrogen-bond donors (Lipinski definition) is 2. The van der Waals surface area contributed by atoms with Crippen LogP contribution in [0, 0.1) is 0 Å². The highest BCUT2D eigenvalue weighted by atomic mass is 32.1. The Hall–Kier alpha value is -0.510. The van der Waals surface area contributed by atoms with E-state index < -0.39 is 0 Å². The van der Waals surface area contributed by atoms with Gasteiger partial charge in [0, 0.05) is 0 Å². The molecule has 1 heterocycles. The first-order chi connectivity index (χ1) is 3.80. The summed E-state index contributed by atoms with van der Waals surface area (Å²) in [5.41, 5.74) is 0. The molecule has 1 aromatic heterocycles. The molecule has 1 unspecified atom stereocenters. The first-order valence-corrected chi connectivity index (χ1v) is 2.85. The lowest BCUT2D eigenvalue weighted by Gasteiger charge is -1.92. The molecule has 1 rings (SSSR count). The van der Waals surface area contributed by atoms with Crippen molar-refractivity contribution in [3.8, 4) is 0 Å². The first-order valence-electron chi connectivity index (χ1n) is 2.34. The smallest absolute Gasteiger partial charge is 0.137 e. The summed E-state index contributed by atoms with van der Waals surface area (Å²) in [7, 11) is 0. The SMILES string of the molecule is CC(S)c1ncn[nH]1. The average Bonchev–Trinajstić information content (AvgIpc) is 2.12. The monoisotopic (exact) mass is 129 g/mol. The quantitative estimate of drug-likeness (QED) is 0.550. The van der Waals surface area contributed by atoms with Crippen LogP contribution in [0.5, 0.6) is 0 Å². The van der Waals surface area contributed by atoms with Crippen LogP contribution in [0.4, 0.5) is 0 Å². The number of aromatic amines is 1. The highest BCUT2D eigenvalue weighted by Gasteiger charge is 1.98. The molecular weight excluding hydrogens is 122 g/mol. The van der Waals surface area contributed by atoms with Gasteiger partial charge >= 0.3 is 0 Å². The third-order valence-corrected chi connectivity index (χ3v) is 1.07. The number of nitrogens with zero attached hydrogens (tertiary/aromatic N) is 2. The normalized spacial score (nSPS) is 13.8. The van der Waals surface area contributed by atoms with Crippen molar-refractivity contribution in [2.45, 2.75) is 12.2 Å². The van der Waals surface area contributed by atoms with Gasteiger partial charge in [0.25, 0.3) is 0 Å². The van der Waals surface area contributed by atoms with Crippen molar-refractivity contribution < 1.29 is 0 Å². The molecule has 1 aromatic rings. The van der Waals surface area contributed by atoms with Crippen LogP contribution < -0.4 is 0 Å². The number of nitrogens with one attached hydrogen (secondary N) is 1. The minimum atomic E-state index is 0.150. The zero-order valence-corrected chi connectivity index (χ0v) is 5.39. The fourth-order valence-electron chi connectivity index (χ4n) is 0.416. The molecule has 4 heteroatoms. The van der Waals surface area contributed by atoms with Crippen LogP contribution in [0.15, 0.2) is 6.33 Å². The van der Waals surface area contributed by atoms with Gasteiger partial charge in [-0.25, -0.2) is 4.98 Å². The Morgan fingerprint density at radius 1 is 1.88 bits per heavy atom. The number of thiol groups is 1. The third kappa shape index (κ3) is 1.01. The highest BCUT2D eigenvalue weighted by Crippen LogP contribution is 2.11. The van der Waals surface area contributed by atoms with E-state index in [2.05, 4.69) is 27.8 Å². The van der Waals surface area contributed by atoms with Crippen LogP contribution in [0.3, 0.4) is 0 Å². The van der Waals surface area contributed by atoms with E-state index >= 15 is 0 Å². The van der Waals surface area contributed by atoms with E-state index in [0.29, 0.717) is 0 Å². The van der Waals surface area contributed by atoms with Crippen LogP contribution in [-0.4, -0.2) is 15.2 Å². The third-order valence-electron chi connectivity index (χ3n) is 0.829. The molecule has 8 heavy (non-hydrogen) atoms. The summed E-state index contributed by atoms with van der Waals surface area (Å²) in [6.45, 7) is 1.93. The van der Waals surface area contributed by atoms with Crippen LogP contribution in [0.25, 0.3) is 0 Å². The first kappa shape index (κ1) is 5.62. The predicted molar refractivity (Wildman–Crippen MR) is 33.8 cm³/mol. The van der Waals surface area contributed by atoms with Crippen LogP contribution in [-0.2, 0) is 0 Å². The summed E-state index contributed by atoms with van der Waals surface area (Å²) in [5.74, 6) is 0.813. The minimum absolute atomic E-state index is 0.150. The largest absolute Gasteiger partial charge is 0.262 e. The van der Waals surface area contributed by atoms with E-state index in [9.17, 15) is 0 Å². The molecule has 0 radical (unpaired) electrons. The molecular formula is C4H7N3S. The van der Waals surface area contributed by atoms with Crippen molar-refractivity contribution in [2.24, 2.45) is 0 Å². The van der Waals surface area contributed by atoms with Gasteiger partial charge in [0.05, 0.1) is 5.25 Å². The Labute approximate surface area is 52.9 Å². The van der Waals surface area contributed by atoms with Crippen molar-refractivity contribution in [1.29, 1.82) is 0 Å². The molecule has 0 aliphatic carbocycles. The maximum atomic E-state index is 4.12. The number of rotatable bonds is 1. The van der Waals surface area contributed by atoms with Crippen molar-refractivity contribution in [1.82, 2.24) is 15.2 Å². The molecule has 0 aromatic carbocycles. The Kier molecular flexibility index (Phi) is 1.53. The average molecular weight is 129 g/mol. The molecule has 0 aliphatic rings. The molecule has 0 bridgehead atoms. The highest BCUT2D eigenvalue weighted by molar-refractivity contribution is 7.80. The van der Waals surface area contributed by atoms with Crippen LogP contribution in [0.2, 0.25) is 0 Å². The Balaban J connectivity index is 2.77. The number of aromatic nitrogens is 3. The maximum absolute atomic E-state index is 4.12. The zero-order valence-electron chi connectivity index (χ0n) is 4.50. The van der Waals surface area contributed by atoms with Gasteiger partial charge in [-0.2, -0.15) is 17.7 Å². The lowest BCUT2D eigenvalue weighted by atomic mass is 10.5. The molecule has 0 spiro atoms. The topological polar surface area (TPSA) is 41.6 Å². The molecule has 1 atom stereocenters.